The number of pyridine rings is 1. The highest BCUT2D eigenvalue weighted by Gasteiger charge is 2.13. The summed E-state index contributed by atoms with van der Waals surface area (Å²) < 4.78 is 0. The number of rotatable bonds is 3. The molecule has 0 bridgehead atoms. The first-order chi connectivity index (χ1) is 7.77. The predicted molar refractivity (Wildman–Crippen MR) is 56.2 cm³/mol. The topological polar surface area (TPSA) is 93.8 Å². The molecule has 0 atom stereocenters. The Bertz CT molecular complexity index is 502. The van der Waals surface area contributed by atoms with Gasteiger partial charge in [0.05, 0.1) is 4.92 Å². The van der Waals surface area contributed by atoms with Crippen LogP contribution in [0.15, 0.2) is 36.9 Å². The summed E-state index contributed by atoms with van der Waals surface area (Å²) in [5.74, 6) is 0.303. The lowest BCUT2D eigenvalue weighted by atomic mass is 10.3. The monoisotopic (exact) mass is 217 g/mol. The molecule has 0 saturated heterocycles. The molecule has 0 aliphatic carbocycles. The van der Waals surface area contributed by atoms with Crippen molar-refractivity contribution in [1.82, 2.24) is 15.0 Å². The average Bonchev–Trinajstić information content (AvgIpc) is 2.31. The second kappa shape index (κ2) is 4.30. The summed E-state index contributed by atoms with van der Waals surface area (Å²) >= 11 is 0. The van der Waals surface area contributed by atoms with E-state index in [1.165, 1.54) is 18.5 Å². The standard InChI is InChI=1S/C9H7N5O2/c15-14(16)8-6-10-5-2-7(8)13-9-11-3-1-4-12-9/h1-6H,(H,10,11,12,13). The lowest BCUT2D eigenvalue weighted by Crippen LogP contribution is -2.00. The highest BCUT2D eigenvalue weighted by atomic mass is 16.6. The molecule has 2 aromatic rings. The third-order valence-electron chi connectivity index (χ3n) is 1.81. The molecule has 0 saturated carbocycles. The molecule has 1 N–H and O–H groups in total. The van der Waals surface area contributed by atoms with Crippen molar-refractivity contribution in [3.05, 3.63) is 47.0 Å². The molecule has 0 aliphatic rings. The number of nitrogens with zero attached hydrogens (tertiary/aromatic N) is 4. The lowest BCUT2D eigenvalue weighted by Gasteiger charge is -2.03. The van der Waals surface area contributed by atoms with Gasteiger partial charge in [0, 0.05) is 18.6 Å². The number of anilines is 2. The van der Waals surface area contributed by atoms with Crippen molar-refractivity contribution in [1.29, 1.82) is 0 Å². The molecule has 2 aromatic heterocycles. The normalized spacial score (nSPS) is 9.75. The van der Waals surface area contributed by atoms with E-state index >= 15 is 0 Å². The molecule has 16 heavy (non-hydrogen) atoms. The fourth-order valence-corrected chi connectivity index (χ4v) is 1.12. The maximum Gasteiger partial charge on any atom is 0.310 e. The maximum atomic E-state index is 10.7. The molecule has 0 aliphatic heterocycles. The van der Waals surface area contributed by atoms with Crippen LogP contribution in [0.25, 0.3) is 0 Å². The zero-order chi connectivity index (χ0) is 11.4. The highest BCUT2D eigenvalue weighted by Crippen LogP contribution is 2.23. The Kier molecular flexibility index (Phi) is 2.68. The third-order valence-corrected chi connectivity index (χ3v) is 1.81. The van der Waals surface area contributed by atoms with E-state index in [2.05, 4.69) is 20.3 Å². The molecule has 0 fully saturated rings. The summed E-state index contributed by atoms with van der Waals surface area (Å²) in [7, 11) is 0. The van der Waals surface area contributed by atoms with Gasteiger partial charge in [0.1, 0.15) is 11.9 Å². The molecule has 0 radical (unpaired) electrons. The van der Waals surface area contributed by atoms with Crippen LogP contribution >= 0.6 is 0 Å². The van der Waals surface area contributed by atoms with Crippen LogP contribution in [0.4, 0.5) is 17.3 Å². The van der Waals surface area contributed by atoms with Gasteiger partial charge in [-0.25, -0.2) is 9.97 Å². The van der Waals surface area contributed by atoms with Gasteiger partial charge in [0.2, 0.25) is 5.95 Å². The zero-order valence-corrected chi connectivity index (χ0v) is 8.07. The van der Waals surface area contributed by atoms with Gasteiger partial charge in [0.25, 0.3) is 0 Å². The average molecular weight is 217 g/mol. The van der Waals surface area contributed by atoms with Gasteiger partial charge < -0.3 is 5.32 Å². The molecule has 80 valence electrons. The van der Waals surface area contributed by atoms with Crippen molar-refractivity contribution in [2.75, 3.05) is 5.32 Å². The number of nitrogens with one attached hydrogen (secondary N) is 1. The predicted octanol–water partition coefficient (Wildman–Crippen LogP) is 1.52. The summed E-state index contributed by atoms with van der Waals surface area (Å²) in [6.07, 6.45) is 5.72. The van der Waals surface area contributed by atoms with E-state index in [4.69, 9.17) is 0 Å². The van der Waals surface area contributed by atoms with E-state index in [0.29, 0.717) is 11.6 Å². The first-order valence-corrected chi connectivity index (χ1v) is 4.40. The molecule has 7 nitrogen and oxygen atoms in total. The largest absolute Gasteiger partial charge is 0.318 e. The van der Waals surface area contributed by atoms with Crippen molar-refractivity contribution >= 4 is 17.3 Å². The molecule has 0 unspecified atom stereocenters. The van der Waals surface area contributed by atoms with E-state index < -0.39 is 4.92 Å². The van der Waals surface area contributed by atoms with Crippen LogP contribution in [0.3, 0.4) is 0 Å². The SMILES string of the molecule is O=[N+]([O-])c1cnccc1Nc1ncccn1. The number of aromatic nitrogens is 3. The van der Waals surface area contributed by atoms with Gasteiger partial charge >= 0.3 is 5.69 Å². The minimum Gasteiger partial charge on any atom is -0.318 e. The molecule has 0 aromatic carbocycles. The van der Waals surface area contributed by atoms with Crippen LogP contribution in [0.5, 0.6) is 0 Å². The van der Waals surface area contributed by atoms with Gasteiger partial charge in [-0.05, 0) is 12.1 Å². The highest BCUT2D eigenvalue weighted by molar-refractivity contribution is 5.64. The Morgan fingerprint density at radius 1 is 1.25 bits per heavy atom. The fourth-order valence-electron chi connectivity index (χ4n) is 1.12. The summed E-state index contributed by atoms with van der Waals surface area (Å²) in [4.78, 5) is 21.7. The number of nitro groups is 1. The van der Waals surface area contributed by atoms with E-state index in [-0.39, 0.29) is 5.69 Å². The van der Waals surface area contributed by atoms with Crippen molar-refractivity contribution in [3.63, 3.8) is 0 Å². The first kappa shape index (κ1) is 9.97. The number of hydrogen-bond acceptors (Lipinski definition) is 6. The van der Waals surface area contributed by atoms with E-state index in [9.17, 15) is 10.1 Å². The van der Waals surface area contributed by atoms with Gasteiger partial charge in [-0.15, -0.1) is 0 Å². The molecule has 0 spiro atoms. The van der Waals surface area contributed by atoms with Crippen molar-refractivity contribution in [2.45, 2.75) is 0 Å². The minimum absolute atomic E-state index is 0.116. The van der Waals surface area contributed by atoms with Crippen LogP contribution < -0.4 is 5.32 Å². The van der Waals surface area contributed by atoms with Gasteiger partial charge in [0.15, 0.2) is 0 Å². The summed E-state index contributed by atoms with van der Waals surface area (Å²) in [5, 5.41) is 13.4. The van der Waals surface area contributed by atoms with Crippen molar-refractivity contribution in [3.8, 4) is 0 Å². The fraction of sp³-hybridized carbons (Fsp3) is 0. The Morgan fingerprint density at radius 3 is 2.69 bits per heavy atom. The Labute approximate surface area is 90.4 Å². The molecular weight excluding hydrogens is 210 g/mol. The first-order valence-electron chi connectivity index (χ1n) is 4.40. The van der Waals surface area contributed by atoms with Gasteiger partial charge in [-0.2, -0.15) is 0 Å². The van der Waals surface area contributed by atoms with E-state index in [1.807, 2.05) is 0 Å². The molecule has 0 amide bonds. The number of hydrogen-bond donors (Lipinski definition) is 1. The molecule has 2 rings (SSSR count). The molecular formula is C9H7N5O2. The second-order valence-electron chi connectivity index (χ2n) is 2.85. The Hall–Kier alpha value is -2.57. The molecule has 2 heterocycles. The lowest BCUT2D eigenvalue weighted by molar-refractivity contribution is -0.384. The summed E-state index contributed by atoms with van der Waals surface area (Å²) in [6, 6.07) is 3.15. The van der Waals surface area contributed by atoms with E-state index in [1.54, 1.807) is 18.5 Å². The van der Waals surface area contributed by atoms with Crippen molar-refractivity contribution in [2.24, 2.45) is 0 Å². The quantitative estimate of drug-likeness (QED) is 0.618. The van der Waals surface area contributed by atoms with Crippen LogP contribution in [0, 0.1) is 10.1 Å². The summed E-state index contributed by atoms with van der Waals surface area (Å²) in [5.41, 5.74) is 0.196. The van der Waals surface area contributed by atoms with Crippen LogP contribution in [0.1, 0.15) is 0 Å². The maximum absolute atomic E-state index is 10.7. The third kappa shape index (κ3) is 2.08. The molecule has 7 heteroatoms. The smallest absolute Gasteiger partial charge is 0.310 e. The van der Waals surface area contributed by atoms with Crippen molar-refractivity contribution < 1.29 is 4.92 Å². The Morgan fingerprint density at radius 2 is 2.00 bits per heavy atom. The van der Waals surface area contributed by atoms with Crippen LogP contribution in [0.2, 0.25) is 0 Å². The summed E-state index contributed by atoms with van der Waals surface area (Å²) in [6.45, 7) is 0. The van der Waals surface area contributed by atoms with Gasteiger partial charge in [-0.3, -0.25) is 15.1 Å². The Balaban J connectivity index is 2.31. The van der Waals surface area contributed by atoms with Crippen LogP contribution in [-0.2, 0) is 0 Å². The minimum atomic E-state index is -0.516. The zero-order valence-electron chi connectivity index (χ0n) is 8.07. The van der Waals surface area contributed by atoms with Gasteiger partial charge in [-0.1, -0.05) is 0 Å². The van der Waals surface area contributed by atoms with E-state index in [0.717, 1.165) is 0 Å². The van der Waals surface area contributed by atoms with Crippen LogP contribution in [-0.4, -0.2) is 19.9 Å². The second-order valence-corrected chi connectivity index (χ2v) is 2.85.